The van der Waals surface area contributed by atoms with E-state index in [4.69, 9.17) is 0 Å². The molecular formula is C26H10F2N4. The van der Waals surface area contributed by atoms with Crippen LogP contribution in [0.25, 0.3) is 28.0 Å². The van der Waals surface area contributed by atoms with Crippen LogP contribution in [0.2, 0.25) is 0 Å². The smallest absolute Gasteiger partial charge is 0.159 e. The van der Waals surface area contributed by atoms with Crippen molar-refractivity contribution in [2.45, 2.75) is 0 Å². The zero-order valence-corrected chi connectivity index (χ0v) is 16.3. The van der Waals surface area contributed by atoms with Crippen molar-refractivity contribution in [3.05, 3.63) is 106 Å². The highest BCUT2D eigenvalue weighted by atomic mass is 19.2. The van der Waals surface area contributed by atoms with Crippen LogP contribution in [0.5, 0.6) is 0 Å². The molecule has 148 valence electrons. The van der Waals surface area contributed by atoms with Gasteiger partial charge < -0.3 is 0 Å². The van der Waals surface area contributed by atoms with Gasteiger partial charge in [-0.15, -0.1) is 0 Å². The SMILES string of the molecule is N#CC=C1/C(=C2/c3ccccc3-c3ncccc32)C(=C(C#N)C#N)c2cc(F)c(F)cc21. The maximum atomic E-state index is 14.2. The summed E-state index contributed by atoms with van der Waals surface area (Å²) in [5, 5.41) is 28.9. The number of nitrogens with zero attached hydrogens (tertiary/aromatic N) is 4. The van der Waals surface area contributed by atoms with Crippen molar-refractivity contribution in [2.75, 3.05) is 0 Å². The molecule has 0 saturated heterocycles. The van der Waals surface area contributed by atoms with Gasteiger partial charge in [0.1, 0.15) is 17.7 Å². The lowest BCUT2D eigenvalue weighted by molar-refractivity contribution is 0.508. The third-order valence-corrected chi connectivity index (χ3v) is 5.60. The van der Waals surface area contributed by atoms with Gasteiger partial charge in [-0.3, -0.25) is 4.98 Å². The van der Waals surface area contributed by atoms with E-state index in [1.807, 2.05) is 48.5 Å². The molecule has 0 N–H and O–H groups in total. The van der Waals surface area contributed by atoms with Gasteiger partial charge in [-0.1, -0.05) is 30.3 Å². The zero-order chi connectivity index (χ0) is 22.4. The number of nitriles is 3. The highest BCUT2D eigenvalue weighted by Crippen LogP contribution is 2.55. The molecule has 5 rings (SSSR count). The Bertz CT molecular complexity index is 1510. The summed E-state index contributed by atoms with van der Waals surface area (Å²) in [5.41, 5.74) is 4.85. The van der Waals surface area contributed by atoms with Crippen LogP contribution in [-0.2, 0) is 0 Å². The standard InChI is InChI=1S/C26H10F2N4/c27-21-10-19-16(7-8-29)25(23(14(12-30)13-31)20(19)11-22(21)28)24-15-4-1-2-5-17(15)26-18(24)6-3-9-32-26/h1-7,9-11H/b16-7?,25-24+. The minimum absolute atomic E-state index is 0.173. The Labute approximate surface area is 181 Å². The molecule has 4 nitrogen and oxygen atoms in total. The summed E-state index contributed by atoms with van der Waals surface area (Å²) in [6.07, 6.45) is 2.89. The maximum Gasteiger partial charge on any atom is 0.159 e. The second-order valence-corrected chi connectivity index (χ2v) is 7.17. The van der Waals surface area contributed by atoms with Crippen LogP contribution in [-0.4, -0.2) is 4.98 Å². The lowest BCUT2D eigenvalue weighted by Crippen LogP contribution is -1.94. The Hall–Kier alpha value is -4.86. The lowest BCUT2D eigenvalue weighted by Gasteiger charge is -2.12. The Morgan fingerprint density at radius 1 is 0.781 bits per heavy atom. The molecule has 6 heteroatoms. The van der Waals surface area contributed by atoms with Gasteiger partial charge in [-0.25, -0.2) is 8.78 Å². The summed E-state index contributed by atoms with van der Waals surface area (Å²) in [6.45, 7) is 0. The second kappa shape index (κ2) is 7.13. The third-order valence-electron chi connectivity index (χ3n) is 5.60. The second-order valence-electron chi connectivity index (χ2n) is 7.17. The molecule has 0 radical (unpaired) electrons. The normalized spacial score (nSPS) is 16.6. The van der Waals surface area contributed by atoms with Gasteiger partial charge in [0.05, 0.1) is 11.8 Å². The van der Waals surface area contributed by atoms with Gasteiger partial charge in [-0.2, -0.15) is 15.8 Å². The van der Waals surface area contributed by atoms with Crippen molar-refractivity contribution in [2.24, 2.45) is 0 Å². The fourth-order valence-electron chi connectivity index (χ4n) is 4.39. The molecule has 3 aromatic rings. The van der Waals surface area contributed by atoms with Crippen LogP contribution in [0.15, 0.2) is 72.0 Å². The van der Waals surface area contributed by atoms with Crippen molar-refractivity contribution in [1.82, 2.24) is 4.98 Å². The molecule has 0 atom stereocenters. The van der Waals surface area contributed by atoms with E-state index in [0.717, 1.165) is 28.8 Å². The van der Waals surface area contributed by atoms with E-state index >= 15 is 0 Å². The first kappa shape index (κ1) is 19.1. The molecule has 0 bridgehead atoms. The van der Waals surface area contributed by atoms with Crippen LogP contribution >= 0.6 is 0 Å². The number of rotatable bonds is 0. The molecule has 2 aromatic carbocycles. The van der Waals surface area contributed by atoms with E-state index < -0.39 is 11.6 Å². The quantitative estimate of drug-likeness (QED) is 0.351. The molecule has 1 aromatic heterocycles. The predicted octanol–water partition coefficient (Wildman–Crippen LogP) is 5.56. The number of halogens is 2. The predicted molar refractivity (Wildman–Crippen MR) is 114 cm³/mol. The summed E-state index contributed by atoms with van der Waals surface area (Å²) in [5.74, 6) is -2.18. The molecule has 32 heavy (non-hydrogen) atoms. The molecular weight excluding hydrogens is 406 g/mol. The molecule has 0 fully saturated rings. The van der Waals surface area contributed by atoms with Crippen molar-refractivity contribution in [3.8, 4) is 29.5 Å². The van der Waals surface area contributed by atoms with Crippen molar-refractivity contribution >= 4 is 16.7 Å². The lowest BCUT2D eigenvalue weighted by atomic mass is 9.89. The Morgan fingerprint density at radius 2 is 1.44 bits per heavy atom. The van der Waals surface area contributed by atoms with E-state index in [1.54, 1.807) is 12.3 Å². The van der Waals surface area contributed by atoms with Crippen LogP contribution < -0.4 is 0 Å². The topological polar surface area (TPSA) is 84.3 Å². The number of hydrogen-bond donors (Lipinski definition) is 0. The summed E-state index contributed by atoms with van der Waals surface area (Å²) < 4.78 is 28.4. The van der Waals surface area contributed by atoms with Gasteiger partial charge in [0, 0.05) is 45.7 Å². The Balaban J connectivity index is 2.03. The van der Waals surface area contributed by atoms with Crippen molar-refractivity contribution in [3.63, 3.8) is 0 Å². The molecule has 0 aliphatic heterocycles. The number of benzene rings is 2. The summed E-state index contributed by atoms with van der Waals surface area (Å²) >= 11 is 0. The maximum absolute atomic E-state index is 14.2. The fourth-order valence-corrected chi connectivity index (χ4v) is 4.39. The molecule has 0 unspecified atom stereocenters. The third kappa shape index (κ3) is 2.53. The minimum Gasteiger partial charge on any atom is -0.256 e. The molecule has 0 saturated carbocycles. The van der Waals surface area contributed by atoms with Crippen LogP contribution in [0.1, 0.15) is 22.3 Å². The molecule has 2 aliphatic carbocycles. The number of pyridine rings is 1. The van der Waals surface area contributed by atoms with E-state index in [1.165, 1.54) is 6.08 Å². The van der Waals surface area contributed by atoms with E-state index in [-0.39, 0.29) is 22.3 Å². The fraction of sp³-hybridized carbons (Fsp3) is 0. The van der Waals surface area contributed by atoms with Crippen molar-refractivity contribution in [1.29, 1.82) is 15.8 Å². The molecule has 0 amide bonds. The van der Waals surface area contributed by atoms with Gasteiger partial charge in [0.25, 0.3) is 0 Å². The zero-order valence-electron chi connectivity index (χ0n) is 16.3. The van der Waals surface area contributed by atoms with Gasteiger partial charge in [0.2, 0.25) is 0 Å². The Kier molecular flexibility index (Phi) is 4.26. The van der Waals surface area contributed by atoms with E-state index in [9.17, 15) is 24.6 Å². The monoisotopic (exact) mass is 416 g/mol. The first-order chi connectivity index (χ1) is 15.6. The van der Waals surface area contributed by atoms with E-state index in [0.29, 0.717) is 22.4 Å². The van der Waals surface area contributed by atoms with E-state index in [2.05, 4.69) is 4.98 Å². The average molecular weight is 416 g/mol. The largest absolute Gasteiger partial charge is 0.256 e. The van der Waals surface area contributed by atoms with Crippen molar-refractivity contribution < 1.29 is 8.78 Å². The Morgan fingerprint density at radius 3 is 2.12 bits per heavy atom. The summed E-state index contributed by atoms with van der Waals surface area (Å²) in [6, 6.07) is 18.8. The molecule has 0 spiro atoms. The van der Waals surface area contributed by atoms with Crippen LogP contribution in [0.3, 0.4) is 0 Å². The summed E-state index contributed by atoms with van der Waals surface area (Å²) in [7, 11) is 0. The molecule has 1 heterocycles. The highest BCUT2D eigenvalue weighted by molar-refractivity contribution is 6.20. The summed E-state index contributed by atoms with van der Waals surface area (Å²) in [4.78, 5) is 4.50. The first-order valence-electron chi connectivity index (χ1n) is 9.55. The number of hydrogen-bond acceptors (Lipinski definition) is 4. The number of allylic oxidation sites excluding steroid dienone is 5. The highest BCUT2D eigenvalue weighted by Gasteiger charge is 2.37. The van der Waals surface area contributed by atoms with Gasteiger partial charge >= 0.3 is 0 Å². The van der Waals surface area contributed by atoms with Crippen LogP contribution in [0, 0.1) is 45.6 Å². The minimum atomic E-state index is -1.10. The molecule has 2 aliphatic rings. The van der Waals surface area contributed by atoms with Gasteiger partial charge in [-0.05, 0) is 34.9 Å². The first-order valence-corrected chi connectivity index (χ1v) is 9.55. The number of aromatic nitrogens is 1. The average Bonchev–Trinajstić information content (AvgIpc) is 3.28. The van der Waals surface area contributed by atoms with Crippen LogP contribution in [0.4, 0.5) is 8.78 Å². The number of fused-ring (bicyclic) bond motifs is 4. The van der Waals surface area contributed by atoms with Gasteiger partial charge in [0.15, 0.2) is 11.6 Å².